The predicted molar refractivity (Wildman–Crippen MR) is 269 cm³/mol. The highest BCUT2D eigenvalue weighted by atomic mass is 32.1. The maximum atomic E-state index is 2.50. The molecule has 0 saturated heterocycles. The Bertz CT molecular complexity index is 4000. The van der Waals surface area contributed by atoms with Crippen LogP contribution in [0.25, 0.3) is 141 Å². The Balaban J connectivity index is 1.09. The molecule has 0 nitrogen and oxygen atoms in total. The second-order valence-electron chi connectivity index (χ2n) is 17.1. The third kappa shape index (κ3) is 4.66. The van der Waals surface area contributed by atoms with Crippen molar-refractivity contribution in [2.24, 2.45) is 0 Å². The van der Waals surface area contributed by atoms with Gasteiger partial charge in [0, 0.05) is 25.7 Å². The first kappa shape index (κ1) is 34.2. The molecule has 0 unspecified atom stereocenters. The van der Waals surface area contributed by atoms with E-state index >= 15 is 0 Å². The number of thiophene rings is 1. The van der Waals surface area contributed by atoms with Crippen molar-refractivity contribution < 1.29 is 0 Å². The normalized spacial score (nSPS) is 12.3. The molecule has 1 aliphatic carbocycles. The van der Waals surface area contributed by atoms with Crippen LogP contribution in [0, 0.1) is 6.92 Å². The standard InChI is InChI=1S/C61H36S/c1-35-21-23-39(24-22-35)57-47-17-6-5-16-46(47)56(36-11-3-2-4-12-36)59-49-19-10-18-45-43(31-32-50(58(45)49)60(57)59)51-33-41(34-52-44-15-7-8-20-53(44)62-61(51)52)42-29-27-40-26-25-37-13-9-14-38-28-30-48(42)55(40)54(37)38/h2-34H,1H3. The molecule has 0 radical (unpaired) electrons. The lowest BCUT2D eigenvalue weighted by atomic mass is 9.82. The van der Waals surface area contributed by atoms with Gasteiger partial charge in [-0.3, -0.25) is 0 Å². The van der Waals surface area contributed by atoms with Crippen LogP contribution in [0.1, 0.15) is 5.56 Å². The molecular weight excluding hydrogens is 765 g/mol. The highest BCUT2D eigenvalue weighted by Gasteiger charge is 2.31. The second kappa shape index (κ2) is 12.7. The molecule has 13 aromatic rings. The van der Waals surface area contributed by atoms with Gasteiger partial charge in [0.2, 0.25) is 0 Å². The van der Waals surface area contributed by atoms with E-state index in [1.54, 1.807) is 0 Å². The Kier molecular flexibility index (Phi) is 7.01. The molecule has 0 fully saturated rings. The summed E-state index contributed by atoms with van der Waals surface area (Å²) >= 11 is 1.92. The van der Waals surface area contributed by atoms with E-state index in [4.69, 9.17) is 0 Å². The van der Waals surface area contributed by atoms with Crippen molar-refractivity contribution in [2.75, 3.05) is 0 Å². The van der Waals surface area contributed by atoms with Crippen molar-refractivity contribution in [3.63, 3.8) is 0 Å². The molecular formula is C61H36S. The number of fused-ring (bicyclic) bond motifs is 7. The Morgan fingerprint density at radius 2 is 0.855 bits per heavy atom. The van der Waals surface area contributed by atoms with Crippen LogP contribution < -0.4 is 0 Å². The molecule has 62 heavy (non-hydrogen) atoms. The second-order valence-corrected chi connectivity index (χ2v) is 18.2. The lowest BCUT2D eigenvalue weighted by molar-refractivity contribution is 1.47. The molecule has 1 aliphatic rings. The van der Waals surface area contributed by atoms with E-state index in [1.165, 1.54) is 146 Å². The number of benzene rings is 12. The van der Waals surface area contributed by atoms with Crippen molar-refractivity contribution >= 4 is 85.4 Å². The van der Waals surface area contributed by atoms with Crippen molar-refractivity contribution in [3.05, 3.63) is 206 Å². The summed E-state index contributed by atoms with van der Waals surface area (Å²) < 4.78 is 2.65. The SMILES string of the molecule is Cc1ccc(-c2c3c(c(-c4ccccc4)c4ccccc24)-c2cccc4c(-c5cc(-c6ccc7ccc8cccc9ccc6c7c89)cc6c5sc5ccccc56)ccc-3c24)cc1. The first-order chi connectivity index (χ1) is 30.7. The fraction of sp³-hybridized carbons (Fsp3) is 0.0164. The van der Waals surface area contributed by atoms with Crippen LogP contribution in [0.5, 0.6) is 0 Å². The van der Waals surface area contributed by atoms with Gasteiger partial charge in [0.1, 0.15) is 0 Å². The highest BCUT2D eigenvalue weighted by Crippen LogP contribution is 2.59. The fourth-order valence-electron chi connectivity index (χ4n) is 11.1. The minimum absolute atomic E-state index is 1.24. The molecule has 0 bridgehead atoms. The smallest absolute Gasteiger partial charge is 0.0434 e. The van der Waals surface area contributed by atoms with Gasteiger partial charge in [-0.1, -0.05) is 188 Å². The third-order valence-corrected chi connectivity index (χ3v) is 15.0. The zero-order valence-corrected chi connectivity index (χ0v) is 34.8. The van der Waals surface area contributed by atoms with Gasteiger partial charge < -0.3 is 0 Å². The summed E-state index contributed by atoms with van der Waals surface area (Å²) in [5.74, 6) is 0. The number of hydrogen-bond donors (Lipinski definition) is 0. The van der Waals surface area contributed by atoms with E-state index < -0.39 is 0 Å². The summed E-state index contributed by atoms with van der Waals surface area (Å²) in [7, 11) is 0. The molecule has 0 N–H and O–H groups in total. The molecule has 1 aromatic heterocycles. The fourth-order valence-corrected chi connectivity index (χ4v) is 12.3. The van der Waals surface area contributed by atoms with E-state index in [0.717, 1.165) is 0 Å². The van der Waals surface area contributed by atoms with E-state index in [1.807, 2.05) is 11.3 Å². The zero-order valence-electron chi connectivity index (χ0n) is 34.0. The van der Waals surface area contributed by atoms with Crippen molar-refractivity contribution in [2.45, 2.75) is 6.92 Å². The van der Waals surface area contributed by atoms with Gasteiger partial charge >= 0.3 is 0 Å². The van der Waals surface area contributed by atoms with Crippen LogP contribution in [0.15, 0.2) is 200 Å². The molecule has 12 aromatic carbocycles. The zero-order chi connectivity index (χ0) is 40.6. The largest absolute Gasteiger partial charge is 0.135 e. The number of aryl methyl sites for hydroxylation is 1. The maximum Gasteiger partial charge on any atom is 0.0434 e. The van der Waals surface area contributed by atoms with Crippen LogP contribution in [-0.4, -0.2) is 0 Å². The van der Waals surface area contributed by atoms with Crippen LogP contribution in [0.2, 0.25) is 0 Å². The lowest BCUT2D eigenvalue weighted by Gasteiger charge is -2.20. The van der Waals surface area contributed by atoms with E-state index in [9.17, 15) is 0 Å². The van der Waals surface area contributed by atoms with Crippen LogP contribution in [0.4, 0.5) is 0 Å². The predicted octanol–water partition coefficient (Wildman–Crippen LogP) is 17.9. The Hall–Kier alpha value is -7.58. The topological polar surface area (TPSA) is 0 Å². The summed E-state index contributed by atoms with van der Waals surface area (Å²) in [5, 5.41) is 15.7. The summed E-state index contributed by atoms with van der Waals surface area (Å²) in [6.07, 6.45) is 0. The third-order valence-electron chi connectivity index (χ3n) is 13.8. The summed E-state index contributed by atoms with van der Waals surface area (Å²) in [6, 6.07) is 75.6. The summed E-state index contributed by atoms with van der Waals surface area (Å²) in [6.45, 7) is 2.18. The van der Waals surface area contributed by atoms with E-state index in [0.29, 0.717) is 0 Å². The van der Waals surface area contributed by atoms with Crippen molar-refractivity contribution in [1.29, 1.82) is 0 Å². The number of hydrogen-bond acceptors (Lipinski definition) is 1. The minimum Gasteiger partial charge on any atom is -0.135 e. The van der Waals surface area contributed by atoms with Gasteiger partial charge in [-0.25, -0.2) is 0 Å². The average molecular weight is 801 g/mol. The average Bonchev–Trinajstić information content (AvgIpc) is 3.87. The van der Waals surface area contributed by atoms with Crippen LogP contribution in [0.3, 0.4) is 0 Å². The first-order valence-electron chi connectivity index (χ1n) is 21.6. The maximum absolute atomic E-state index is 2.50. The Labute approximate surface area is 362 Å². The Morgan fingerprint density at radius 1 is 0.290 bits per heavy atom. The lowest BCUT2D eigenvalue weighted by Crippen LogP contribution is -1.93. The minimum atomic E-state index is 1.24. The quantitative estimate of drug-likeness (QED) is 0.156. The molecule has 14 rings (SSSR count). The molecule has 0 amide bonds. The van der Waals surface area contributed by atoms with Gasteiger partial charge in [-0.15, -0.1) is 11.3 Å². The Morgan fingerprint density at radius 3 is 1.63 bits per heavy atom. The van der Waals surface area contributed by atoms with Crippen LogP contribution in [-0.2, 0) is 0 Å². The van der Waals surface area contributed by atoms with Gasteiger partial charge in [-0.05, 0) is 140 Å². The molecule has 0 spiro atoms. The van der Waals surface area contributed by atoms with Gasteiger partial charge in [0.15, 0.2) is 0 Å². The molecule has 1 heterocycles. The van der Waals surface area contributed by atoms with Gasteiger partial charge in [0.05, 0.1) is 0 Å². The van der Waals surface area contributed by atoms with Crippen molar-refractivity contribution in [3.8, 4) is 66.8 Å². The molecule has 0 saturated carbocycles. The molecule has 0 atom stereocenters. The van der Waals surface area contributed by atoms with E-state index in [2.05, 4.69) is 207 Å². The highest BCUT2D eigenvalue weighted by molar-refractivity contribution is 7.26. The van der Waals surface area contributed by atoms with Gasteiger partial charge in [-0.2, -0.15) is 0 Å². The van der Waals surface area contributed by atoms with Gasteiger partial charge in [0.25, 0.3) is 0 Å². The summed E-state index contributed by atoms with van der Waals surface area (Å²) in [5.41, 5.74) is 16.7. The van der Waals surface area contributed by atoms with Crippen molar-refractivity contribution in [1.82, 2.24) is 0 Å². The molecule has 0 aliphatic heterocycles. The number of rotatable bonds is 4. The monoisotopic (exact) mass is 800 g/mol. The summed E-state index contributed by atoms with van der Waals surface area (Å²) in [4.78, 5) is 0. The molecule has 286 valence electrons. The molecule has 1 heteroatoms. The first-order valence-corrected chi connectivity index (χ1v) is 22.4. The van der Waals surface area contributed by atoms with E-state index in [-0.39, 0.29) is 0 Å². The van der Waals surface area contributed by atoms with Crippen LogP contribution >= 0.6 is 11.3 Å².